The zero-order valence-electron chi connectivity index (χ0n) is 6.97. The molecule has 1 aliphatic heterocycles. The van der Waals surface area contributed by atoms with Gasteiger partial charge in [0.1, 0.15) is 0 Å². The topological polar surface area (TPSA) is 38.0 Å². The van der Waals surface area contributed by atoms with Gasteiger partial charge in [-0.2, -0.15) is 0 Å². The molecular weight excluding hydrogens is 156 g/mol. The van der Waals surface area contributed by atoms with Crippen LogP contribution in [-0.2, 0) is 0 Å². The van der Waals surface area contributed by atoms with Gasteiger partial charge in [-0.1, -0.05) is 19.1 Å². The molecule has 0 saturated carbocycles. The van der Waals surface area contributed by atoms with Crippen LogP contribution in [0, 0.1) is 5.92 Å². The third kappa shape index (κ3) is 2.42. The van der Waals surface area contributed by atoms with Crippen LogP contribution in [0.15, 0.2) is 0 Å². The second-order valence-corrected chi connectivity index (χ2v) is 3.65. The standard InChI is InChI=1S/C8H16N2S/c1-2-7-5-6(8(9)11)3-4-10-7/h6-7,10H,2-5H2,1H3,(H2,9,11). The van der Waals surface area contributed by atoms with Crippen LogP contribution in [0.5, 0.6) is 0 Å². The first-order valence-corrected chi connectivity index (χ1v) is 4.67. The Kier molecular flexibility index (Phi) is 3.27. The van der Waals surface area contributed by atoms with Gasteiger partial charge in [-0.05, 0) is 25.8 Å². The number of hydrogen-bond donors (Lipinski definition) is 2. The van der Waals surface area contributed by atoms with E-state index in [1.54, 1.807) is 0 Å². The van der Waals surface area contributed by atoms with Crippen molar-refractivity contribution < 1.29 is 0 Å². The van der Waals surface area contributed by atoms with Crippen LogP contribution >= 0.6 is 12.2 Å². The van der Waals surface area contributed by atoms with Crippen molar-refractivity contribution in [3.05, 3.63) is 0 Å². The highest BCUT2D eigenvalue weighted by Crippen LogP contribution is 2.17. The quantitative estimate of drug-likeness (QED) is 0.611. The largest absolute Gasteiger partial charge is 0.393 e. The van der Waals surface area contributed by atoms with Crippen molar-refractivity contribution in [3.8, 4) is 0 Å². The predicted molar refractivity (Wildman–Crippen MR) is 51.6 cm³/mol. The van der Waals surface area contributed by atoms with E-state index in [0.29, 0.717) is 16.9 Å². The van der Waals surface area contributed by atoms with Gasteiger partial charge in [-0.15, -0.1) is 0 Å². The average Bonchev–Trinajstić information content (AvgIpc) is 2.05. The van der Waals surface area contributed by atoms with E-state index < -0.39 is 0 Å². The van der Waals surface area contributed by atoms with E-state index in [9.17, 15) is 0 Å². The predicted octanol–water partition coefficient (Wildman–Crippen LogP) is 1.05. The molecule has 1 rings (SSSR count). The van der Waals surface area contributed by atoms with E-state index >= 15 is 0 Å². The molecular formula is C8H16N2S. The van der Waals surface area contributed by atoms with Gasteiger partial charge in [0, 0.05) is 12.0 Å². The fraction of sp³-hybridized carbons (Fsp3) is 0.875. The van der Waals surface area contributed by atoms with Gasteiger partial charge in [0.2, 0.25) is 0 Å². The highest BCUT2D eigenvalue weighted by atomic mass is 32.1. The summed E-state index contributed by atoms with van der Waals surface area (Å²) in [5, 5.41) is 3.44. The molecule has 1 saturated heterocycles. The van der Waals surface area contributed by atoms with Gasteiger partial charge in [-0.25, -0.2) is 0 Å². The normalized spacial score (nSPS) is 31.7. The van der Waals surface area contributed by atoms with E-state index in [1.165, 1.54) is 6.42 Å². The Labute approximate surface area is 73.5 Å². The molecule has 2 nitrogen and oxygen atoms in total. The van der Waals surface area contributed by atoms with Crippen molar-refractivity contribution in [2.45, 2.75) is 32.2 Å². The van der Waals surface area contributed by atoms with Crippen LogP contribution in [0.4, 0.5) is 0 Å². The van der Waals surface area contributed by atoms with E-state index in [-0.39, 0.29) is 0 Å². The molecule has 0 aliphatic carbocycles. The fourth-order valence-electron chi connectivity index (χ4n) is 1.58. The first-order chi connectivity index (χ1) is 5.24. The molecule has 1 aliphatic rings. The summed E-state index contributed by atoms with van der Waals surface area (Å²) in [4.78, 5) is 0.699. The Morgan fingerprint density at radius 1 is 1.73 bits per heavy atom. The van der Waals surface area contributed by atoms with Crippen LogP contribution in [0.1, 0.15) is 26.2 Å². The molecule has 0 amide bonds. The molecule has 2 atom stereocenters. The minimum Gasteiger partial charge on any atom is -0.393 e. The molecule has 0 aromatic carbocycles. The number of rotatable bonds is 2. The molecule has 1 fully saturated rings. The Morgan fingerprint density at radius 3 is 3.00 bits per heavy atom. The summed E-state index contributed by atoms with van der Waals surface area (Å²) in [5.41, 5.74) is 5.59. The summed E-state index contributed by atoms with van der Waals surface area (Å²) in [6.45, 7) is 3.26. The third-order valence-electron chi connectivity index (χ3n) is 2.39. The van der Waals surface area contributed by atoms with Crippen molar-refractivity contribution in [2.75, 3.05) is 6.54 Å². The lowest BCUT2D eigenvalue weighted by Gasteiger charge is -2.28. The molecule has 11 heavy (non-hydrogen) atoms. The van der Waals surface area contributed by atoms with Crippen LogP contribution in [0.3, 0.4) is 0 Å². The minimum atomic E-state index is 0.483. The maximum absolute atomic E-state index is 5.59. The van der Waals surface area contributed by atoms with Crippen molar-refractivity contribution in [1.29, 1.82) is 0 Å². The molecule has 0 spiro atoms. The van der Waals surface area contributed by atoms with Crippen LogP contribution in [-0.4, -0.2) is 17.6 Å². The average molecular weight is 172 g/mol. The van der Waals surface area contributed by atoms with Gasteiger partial charge in [-0.3, -0.25) is 0 Å². The van der Waals surface area contributed by atoms with Gasteiger partial charge in [0.05, 0.1) is 4.99 Å². The molecule has 3 N–H and O–H groups in total. The van der Waals surface area contributed by atoms with E-state index in [2.05, 4.69) is 12.2 Å². The molecule has 0 radical (unpaired) electrons. The Bertz CT molecular complexity index is 147. The minimum absolute atomic E-state index is 0.483. The molecule has 0 aromatic heterocycles. The molecule has 0 bridgehead atoms. The number of hydrogen-bond acceptors (Lipinski definition) is 2. The molecule has 2 unspecified atom stereocenters. The van der Waals surface area contributed by atoms with Gasteiger partial charge in [0.15, 0.2) is 0 Å². The summed E-state index contributed by atoms with van der Waals surface area (Å²) >= 11 is 4.97. The van der Waals surface area contributed by atoms with E-state index in [0.717, 1.165) is 19.4 Å². The summed E-state index contributed by atoms with van der Waals surface area (Å²) in [7, 11) is 0. The maximum Gasteiger partial charge on any atom is 0.0759 e. The van der Waals surface area contributed by atoms with Gasteiger partial charge < -0.3 is 11.1 Å². The summed E-state index contributed by atoms with van der Waals surface area (Å²) < 4.78 is 0. The number of thiocarbonyl (C=S) groups is 1. The first kappa shape index (κ1) is 8.94. The smallest absolute Gasteiger partial charge is 0.0759 e. The summed E-state index contributed by atoms with van der Waals surface area (Å²) in [6.07, 6.45) is 3.43. The zero-order valence-corrected chi connectivity index (χ0v) is 7.79. The van der Waals surface area contributed by atoms with Gasteiger partial charge in [0.25, 0.3) is 0 Å². The lowest BCUT2D eigenvalue weighted by Crippen LogP contribution is -2.41. The Morgan fingerprint density at radius 2 is 2.45 bits per heavy atom. The van der Waals surface area contributed by atoms with E-state index in [1.807, 2.05) is 0 Å². The summed E-state index contributed by atoms with van der Waals surface area (Å²) in [6, 6.07) is 0.634. The van der Waals surface area contributed by atoms with Crippen LogP contribution < -0.4 is 11.1 Å². The second kappa shape index (κ2) is 4.02. The highest BCUT2D eigenvalue weighted by Gasteiger charge is 2.21. The molecule has 64 valence electrons. The third-order valence-corrected chi connectivity index (χ3v) is 2.72. The second-order valence-electron chi connectivity index (χ2n) is 3.18. The van der Waals surface area contributed by atoms with Crippen molar-refractivity contribution in [1.82, 2.24) is 5.32 Å². The number of piperidine rings is 1. The highest BCUT2D eigenvalue weighted by molar-refractivity contribution is 7.80. The molecule has 1 heterocycles. The lowest BCUT2D eigenvalue weighted by molar-refractivity contribution is 0.352. The molecule has 3 heteroatoms. The van der Waals surface area contributed by atoms with Gasteiger partial charge >= 0.3 is 0 Å². The summed E-state index contributed by atoms with van der Waals surface area (Å²) in [5.74, 6) is 0.483. The number of nitrogens with one attached hydrogen (secondary N) is 1. The van der Waals surface area contributed by atoms with Crippen LogP contribution in [0.25, 0.3) is 0 Å². The SMILES string of the molecule is CCC1CC(C(N)=S)CCN1. The van der Waals surface area contributed by atoms with Crippen molar-refractivity contribution in [2.24, 2.45) is 11.7 Å². The monoisotopic (exact) mass is 172 g/mol. The Hall–Kier alpha value is -0.150. The van der Waals surface area contributed by atoms with Crippen LogP contribution in [0.2, 0.25) is 0 Å². The Balaban J connectivity index is 2.39. The molecule has 0 aromatic rings. The maximum atomic E-state index is 5.59. The van der Waals surface area contributed by atoms with E-state index in [4.69, 9.17) is 18.0 Å². The zero-order chi connectivity index (χ0) is 8.27. The number of nitrogens with two attached hydrogens (primary N) is 1. The fourth-order valence-corrected chi connectivity index (χ4v) is 1.79. The first-order valence-electron chi connectivity index (χ1n) is 4.26. The lowest BCUT2D eigenvalue weighted by atomic mass is 9.91. The van der Waals surface area contributed by atoms with Crippen molar-refractivity contribution in [3.63, 3.8) is 0 Å². The van der Waals surface area contributed by atoms with Crippen molar-refractivity contribution >= 4 is 17.2 Å².